The molecule has 0 radical (unpaired) electrons. The zero-order chi connectivity index (χ0) is 20.2. The fourth-order valence-electron chi connectivity index (χ4n) is 3.79. The van der Waals surface area contributed by atoms with E-state index < -0.39 is 0 Å². The van der Waals surface area contributed by atoms with Crippen molar-refractivity contribution >= 4 is 34.5 Å². The topological polar surface area (TPSA) is 108 Å². The fraction of sp³-hybridized carbons (Fsp3) is 0.400. The highest BCUT2D eigenvalue weighted by molar-refractivity contribution is 6.29. The van der Waals surface area contributed by atoms with Crippen LogP contribution in [0.2, 0.25) is 5.15 Å². The van der Waals surface area contributed by atoms with E-state index in [-0.39, 0.29) is 18.0 Å². The highest BCUT2D eigenvalue weighted by Crippen LogP contribution is 2.29. The number of pyridine rings is 1. The molecule has 1 saturated carbocycles. The second kappa shape index (κ2) is 8.75. The SMILES string of the molecule is CNCC(=O)N[C@H]1CC[C@H](Nc2nc(Cl)cc(-c3c[nH]c4ncccc34)n2)CC1. The van der Waals surface area contributed by atoms with Gasteiger partial charge in [0.25, 0.3) is 0 Å². The first-order valence-corrected chi connectivity index (χ1v) is 10.2. The maximum absolute atomic E-state index is 11.7. The number of nitrogens with one attached hydrogen (secondary N) is 4. The summed E-state index contributed by atoms with van der Waals surface area (Å²) >= 11 is 6.28. The molecule has 0 atom stereocenters. The van der Waals surface area contributed by atoms with Crippen LogP contribution in [-0.4, -0.2) is 51.5 Å². The van der Waals surface area contributed by atoms with Crippen LogP contribution < -0.4 is 16.0 Å². The van der Waals surface area contributed by atoms with Crippen LogP contribution >= 0.6 is 11.6 Å². The second-order valence-corrected chi connectivity index (χ2v) is 7.68. The number of H-pyrrole nitrogens is 1. The van der Waals surface area contributed by atoms with Gasteiger partial charge in [-0.05, 0) is 44.9 Å². The molecule has 0 aliphatic heterocycles. The number of anilines is 1. The minimum atomic E-state index is 0.0416. The number of likely N-dealkylation sites (N-methyl/N-ethyl adjacent to an activating group) is 1. The lowest BCUT2D eigenvalue weighted by atomic mass is 9.91. The van der Waals surface area contributed by atoms with Gasteiger partial charge in [-0.15, -0.1) is 0 Å². The Hall–Kier alpha value is -2.71. The van der Waals surface area contributed by atoms with E-state index in [0.717, 1.165) is 48.0 Å². The molecule has 0 aromatic carbocycles. The molecule has 29 heavy (non-hydrogen) atoms. The molecule has 152 valence electrons. The molecule has 1 fully saturated rings. The molecule has 4 rings (SSSR count). The van der Waals surface area contributed by atoms with Gasteiger partial charge in [0, 0.05) is 41.5 Å². The van der Waals surface area contributed by atoms with Crippen LogP contribution in [0.25, 0.3) is 22.3 Å². The van der Waals surface area contributed by atoms with Gasteiger partial charge in [0.1, 0.15) is 10.8 Å². The van der Waals surface area contributed by atoms with Crippen molar-refractivity contribution < 1.29 is 4.79 Å². The van der Waals surface area contributed by atoms with E-state index in [1.807, 2.05) is 18.3 Å². The molecule has 0 unspecified atom stereocenters. The predicted octanol–water partition coefficient (Wildman–Crippen LogP) is 2.73. The zero-order valence-corrected chi connectivity index (χ0v) is 17.0. The Bertz CT molecular complexity index is 997. The lowest BCUT2D eigenvalue weighted by Crippen LogP contribution is -2.43. The summed E-state index contributed by atoms with van der Waals surface area (Å²) in [5.41, 5.74) is 2.50. The lowest BCUT2D eigenvalue weighted by Gasteiger charge is -2.29. The Morgan fingerprint density at radius 1 is 1.24 bits per heavy atom. The summed E-state index contributed by atoms with van der Waals surface area (Å²) in [6.45, 7) is 0.348. The number of rotatable bonds is 6. The molecule has 1 amide bonds. The smallest absolute Gasteiger partial charge is 0.234 e. The summed E-state index contributed by atoms with van der Waals surface area (Å²) < 4.78 is 0. The van der Waals surface area contributed by atoms with Crippen LogP contribution in [0.5, 0.6) is 0 Å². The maximum atomic E-state index is 11.7. The molecule has 8 nitrogen and oxygen atoms in total. The highest BCUT2D eigenvalue weighted by atomic mass is 35.5. The van der Waals surface area contributed by atoms with Gasteiger partial charge in [0.15, 0.2) is 0 Å². The van der Waals surface area contributed by atoms with Gasteiger partial charge < -0.3 is 20.9 Å². The van der Waals surface area contributed by atoms with Gasteiger partial charge in [-0.3, -0.25) is 4.79 Å². The number of aromatic amines is 1. The summed E-state index contributed by atoms with van der Waals surface area (Å²) in [5, 5.41) is 10.7. The monoisotopic (exact) mass is 413 g/mol. The first-order chi connectivity index (χ1) is 14.1. The molecule has 1 aliphatic carbocycles. The Balaban J connectivity index is 1.43. The standard InChI is InChI=1S/C20H24ClN7O/c1-22-11-18(29)25-12-4-6-13(7-5-12)26-20-27-16(9-17(21)28-20)15-10-24-19-14(15)3-2-8-23-19/h2-3,8-10,12-13,22H,4-7,11H2,1H3,(H,23,24)(H,25,29)(H,26,27,28)/t12-,13-. The molecule has 1 aliphatic rings. The fourth-order valence-corrected chi connectivity index (χ4v) is 3.98. The minimum Gasteiger partial charge on any atom is -0.352 e. The zero-order valence-electron chi connectivity index (χ0n) is 16.2. The lowest BCUT2D eigenvalue weighted by molar-refractivity contribution is -0.121. The van der Waals surface area contributed by atoms with Gasteiger partial charge in [-0.1, -0.05) is 11.6 Å². The van der Waals surface area contributed by atoms with Gasteiger partial charge >= 0.3 is 0 Å². The van der Waals surface area contributed by atoms with Crippen LogP contribution in [0, 0.1) is 0 Å². The van der Waals surface area contributed by atoms with Crippen molar-refractivity contribution in [3.63, 3.8) is 0 Å². The summed E-state index contributed by atoms with van der Waals surface area (Å²) in [6.07, 6.45) is 7.36. The van der Waals surface area contributed by atoms with E-state index in [1.165, 1.54) is 0 Å². The van der Waals surface area contributed by atoms with E-state index in [2.05, 4.69) is 35.9 Å². The molecule has 3 aromatic rings. The second-order valence-electron chi connectivity index (χ2n) is 7.29. The number of aromatic nitrogens is 4. The largest absolute Gasteiger partial charge is 0.352 e. The Morgan fingerprint density at radius 3 is 2.83 bits per heavy atom. The number of fused-ring (bicyclic) bond motifs is 1. The number of nitrogens with zero attached hydrogens (tertiary/aromatic N) is 3. The van der Waals surface area contributed by atoms with Gasteiger partial charge in [-0.25, -0.2) is 15.0 Å². The molecule has 3 aromatic heterocycles. The minimum absolute atomic E-state index is 0.0416. The molecule has 0 bridgehead atoms. The van der Waals surface area contributed by atoms with Crippen molar-refractivity contribution in [2.24, 2.45) is 0 Å². The molecule has 9 heteroatoms. The van der Waals surface area contributed by atoms with E-state index in [1.54, 1.807) is 19.3 Å². The van der Waals surface area contributed by atoms with E-state index in [4.69, 9.17) is 11.6 Å². The normalized spacial score (nSPS) is 19.2. The molecule has 4 N–H and O–H groups in total. The van der Waals surface area contributed by atoms with Gasteiger partial charge in [0.2, 0.25) is 11.9 Å². The molecule has 3 heterocycles. The molecule has 0 saturated heterocycles. The summed E-state index contributed by atoms with van der Waals surface area (Å²) in [4.78, 5) is 28.2. The first kappa shape index (κ1) is 19.6. The first-order valence-electron chi connectivity index (χ1n) is 9.80. The highest BCUT2D eigenvalue weighted by Gasteiger charge is 2.23. The van der Waals surface area contributed by atoms with Gasteiger partial charge in [-0.2, -0.15) is 0 Å². The number of amides is 1. The van der Waals surface area contributed by atoms with Crippen LogP contribution in [0.4, 0.5) is 5.95 Å². The van der Waals surface area contributed by atoms with E-state index in [0.29, 0.717) is 17.6 Å². The predicted molar refractivity (Wildman–Crippen MR) is 114 cm³/mol. The third-order valence-electron chi connectivity index (χ3n) is 5.18. The van der Waals surface area contributed by atoms with Crippen molar-refractivity contribution in [1.82, 2.24) is 30.6 Å². The van der Waals surface area contributed by atoms with E-state index in [9.17, 15) is 4.79 Å². The number of halogens is 1. The summed E-state index contributed by atoms with van der Waals surface area (Å²) in [7, 11) is 1.77. The molecular weight excluding hydrogens is 390 g/mol. The average molecular weight is 414 g/mol. The number of carbonyl (C=O) groups excluding carboxylic acids is 1. The molecular formula is C20H24ClN7O. The third-order valence-corrected chi connectivity index (χ3v) is 5.38. The maximum Gasteiger partial charge on any atom is 0.234 e. The van der Waals surface area contributed by atoms with Crippen molar-refractivity contribution in [3.8, 4) is 11.3 Å². The van der Waals surface area contributed by atoms with Gasteiger partial charge in [0.05, 0.1) is 12.2 Å². The average Bonchev–Trinajstić information content (AvgIpc) is 3.13. The van der Waals surface area contributed by atoms with Crippen LogP contribution in [0.3, 0.4) is 0 Å². The van der Waals surface area contributed by atoms with Crippen molar-refractivity contribution in [2.45, 2.75) is 37.8 Å². The third kappa shape index (κ3) is 4.65. The van der Waals surface area contributed by atoms with Crippen molar-refractivity contribution in [1.29, 1.82) is 0 Å². The summed E-state index contributed by atoms with van der Waals surface area (Å²) in [5.74, 6) is 0.563. The van der Waals surface area contributed by atoms with Crippen LogP contribution in [-0.2, 0) is 4.79 Å². The number of carbonyl (C=O) groups is 1. The van der Waals surface area contributed by atoms with Crippen LogP contribution in [0.15, 0.2) is 30.6 Å². The van der Waals surface area contributed by atoms with Crippen LogP contribution in [0.1, 0.15) is 25.7 Å². The Labute approximate surface area is 173 Å². The van der Waals surface area contributed by atoms with E-state index >= 15 is 0 Å². The Kier molecular flexibility index (Phi) is 5.92. The number of hydrogen-bond donors (Lipinski definition) is 4. The van der Waals surface area contributed by atoms with Crippen molar-refractivity contribution in [2.75, 3.05) is 18.9 Å². The summed E-state index contributed by atoms with van der Waals surface area (Å²) in [6, 6.07) is 6.14. The molecule has 0 spiro atoms. The number of hydrogen-bond acceptors (Lipinski definition) is 6. The Morgan fingerprint density at radius 2 is 2.03 bits per heavy atom. The quantitative estimate of drug-likeness (QED) is 0.463. The van der Waals surface area contributed by atoms with Crippen molar-refractivity contribution in [3.05, 3.63) is 35.7 Å².